The predicted octanol–water partition coefficient (Wildman–Crippen LogP) is 8.49. The van der Waals surface area contributed by atoms with Crippen LogP contribution < -0.4 is 10.6 Å². The second-order valence-corrected chi connectivity index (χ2v) is 16.3. The summed E-state index contributed by atoms with van der Waals surface area (Å²) in [6.45, 7) is 4.50. The molecule has 3 heterocycles. The van der Waals surface area contributed by atoms with Gasteiger partial charge in [0, 0.05) is 48.2 Å². The summed E-state index contributed by atoms with van der Waals surface area (Å²) in [5.74, 6) is -1.56. The van der Waals surface area contributed by atoms with E-state index in [9.17, 15) is 27.6 Å². The molecular formula is C47H51F3N6O5S. The van der Waals surface area contributed by atoms with Gasteiger partial charge in [0.1, 0.15) is 5.69 Å². The Balaban J connectivity index is 0.000000845. The summed E-state index contributed by atoms with van der Waals surface area (Å²) in [4.78, 5) is 53.0. The van der Waals surface area contributed by atoms with Crippen LogP contribution in [0.4, 0.5) is 13.2 Å². The fraction of sp³-hybridized carbons (Fsp3) is 0.362. The van der Waals surface area contributed by atoms with Gasteiger partial charge in [0.05, 0.1) is 6.54 Å². The van der Waals surface area contributed by atoms with Crippen molar-refractivity contribution in [2.75, 3.05) is 32.7 Å². The molecule has 4 aromatic carbocycles. The molecule has 3 N–H and O–H groups in total. The molecule has 0 bridgehead atoms. The van der Waals surface area contributed by atoms with Crippen molar-refractivity contribution in [3.05, 3.63) is 131 Å². The number of carboxylic acids is 1. The maximum atomic E-state index is 13.8. The average Bonchev–Trinajstić information content (AvgIpc) is 3.84. The number of carbonyl (C=O) groups is 4. The van der Waals surface area contributed by atoms with Crippen LogP contribution in [-0.2, 0) is 22.7 Å². The summed E-state index contributed by atoms with van der Waals surface area (Å²) in [6.07, 6.45) is 3.63. The van der Waals surface area contributed by atoms with Crippen LogP contribution in [0.25, 0.3) is 22.4 Å². The highest BCUT2D eigenvalue weighted by Gasteiger charge is 2.38. The number of amides is 3. The number of piperidine rings is 2. The largest absolute Gasteiger partial charge is 0.490 e. The Hall–Kier alpha value is -5.93. The van der Waals surface area contributed by atoms with Gasteiger partial charge in [-0.05, 0) is 121 Å². The minimum absolute atomic E-state index is 0.0937. The quantitative estimate of drug-likeness (QED) is 0.101. The molecule has 0 spiro atoms. The van der Waals surface area contributed by atoms with Gasteiger partial charge >= 0.3 is 12.1 Å². The van der Waals surface area contributed by atoms with Gasteiger partial charge in [-0.25, -0.2) is 4.79 Å². The Morgan fingerprint density at radius 3 is 1.94 bits per heavy atom. The summed E-state index contributed by atoms with van der Waals surface area (Å²) in [6, 6.07) is 32.9. The smallest absolute Gasteiger partial charge is 0.475 e. The van der Waals surface area contributed by atoms with Gasteiger partial charge < -0.3 is 25.5 Å². The normalized spacial score (nSPS) is 14.7. The molecule has 2 aliphatic rings. The zero-order chi connectivity index (χ0) is 43.9. The van der Waals surface area contributed by atoms with Crippen molar-refractivity contribution in [3.8, 4) is 22.4 Å². The van der Waals surface area contributed by atoms with Crippen molar-refractivity contribution >= 4 is 35.2 Å². The van der Waals surface area contributed by atoms with Gasteiger partial charge in [0.2, 0.25) is 5.91 Å². The predicted molar refractivity (Wildman–Crippen MR) is 232 cm³/mol. The van der Waals surface area contributed by atoms with Gasteiger partial charge in [-0.3, -0.25) is 14.4 Å². The molecule has 0 unspecified atom stereocenters. The first-order chi connectivity index (χ1) is 29.9. The second kappa shape index (κ2) is 22.2. The molecule has 326 valence electrons. The number of hydrogen-bond donors (Lipinski definition) is 3. The first kappa shape index (κ1) is 45.6. The van der Waals surface area contributed by atoms with Crippen LogP contribution >= 0.6 is 11.5 Å². The third-order valence-corrected chi connectivity index (χ3v) is 11.8. The Morgan fingerprint density at radius 2 is 1.32 bits per heavy atom. The van der Waals surface area contributed by atoms with E-state index in [4.69, 9.17) is 9.90 Å². The summed E-state index contributed by atoms with van der Waals surface area (Å²) in [5.41, 5.74) is 6.74. The zero-order valence-corrected chi connectivity index (χ0v) is 35.2. The van der Waals surface area contributed by atoms with Gasteiger partial charge in [0.25, 0.3) is 11.8 Å². The number of likely N-dealkylation sites (tertiary alicyclic amines) is 1. The number of nitrogens with zero attached hydrogens (tertiary/aromatic N) is 4. The van der Waals surface area contributed by atoms with Crippen molar-refractivity contribution < 1.29 is 37.5 Å². The number of aromatic nitrogens is 2. The van der Waals surface area contributed by atoms with Crippen molar-refractivity contribution in [1.29, 1.82) is 0 Å². The highest BCUT2D eigenvalue weighted by atomic mass is 32.1. The SMILES string of the molecule is O=C(NCC(=O)N(Cc1cccc(-c2cccc(C(=O)N3CCC(CCCC4CCNCC4)CC3)c2)c1)Cc1cccc(-c2csnn2)c1)c1ccccc1.O=C(O)C(F)(F)F. The maximum Gasteiger partial charge on any atom is 0.490 e. The second-order valence-electron chi connectivity index (χ2n) is 15.7. The minimum atomic E-state index is -5.08. The molecule has 1 aromatic heterocycles. The number of alkyl halides is 3. The third-order valence-electron chi connectivity index (χ3n) is 11.3. The summed E-state index contributed by atoms with van der Waals surface area (Å²) in [5, 5.41) is 19.5. The lowest BCUT2D eigenvalue weighted by Gasteiger charge is -2.32. The van der Waals surface area contributed by atoms with Gasteiger partial charge in [0.15, 0.2) is 0 Å². The fourth-order valence-corrected chi connectivity index (χ4v) is 8.37. The topological polar surface area (TPSA) is 145 Å². The first-order valence-electron chi connectivity index (χ1n) is 20.9. The molecule has 2 fully saturated rings. The zero-order valence-electron chi connectivity index (χ0n) is 34.4. The highest BCUT2D eigenvalue weighted by molar-refractivity contribution is 7.03. The molecule has 0 radical (unpaired) electrons. The van der Waals surface area contributed by atoms with E-state index in [1.807, 2.05) is 83.1 Å². The molecule has 2 saturated heterocycles. The first-order valence-corrected chi connectivity index (χ1v) is 21.7. The molecule has 0 aliphatic carbocycles. The van der Waals surface area contributed by atoms with Gasteiger partial charge in [-0.1, -0.05) is 90.5 Å². The number of benzene rings is 4. The fourth-order valence-electron chi connectivity index (χ4n) is 7.91. The number of carbonyl (C=O) groups excluding carboxylic acids is 3. The van der Waals surface area contributed by atoms with Gasteiger partial charge in [-0.15, -0.1) is 5.10 Å². The van der Waals surface area contributed by atoms with E-state index >= 15 is 0 Å². The Morgan fingerprint density at radius 1 is 0.758 bits per heavy atom. The monoisotopic (exact) mass is 868 g/mol. The van der Waals surface area contributed by atoms with Crippen LogP contribution in [0.3, 0.4) is 0 Å². The molecule has 15 heteroatoms. The molecule has 0 atom stereocenters. The Bertz CT molecular complexity index is 2240. The third kappa shape index (κ3) is 13.5. The molecule has 7 rings (SSSR count). The number of rotatable bonds is 14. The summed E-state index contributed by atoms with van der Waals surface area (Å²) >= 11 is 1.29. The number of nitrogens with one attached hydrogen (secondary N) is 2. The molecule has 2 aliphatic heterocycles. The number of aliphatic carboxylic acids is 1. The van der Waals surface area contributed by atoms with Crippen LogP contribution in [0.5, 0.6) is 0 Å². The van der Waals surface area contributed by atoms with Crippen LogP contribution in [0.2, 0.25) is 0 Å². The van der Waals surface area contributed by atoms with Crippen molar-refractivity contribution in [3.63, 3.8) is 0 Å². The van der Waals surface area contributed by atoms with E-state index in [1.54, 1.807) is 29.2 Å². The molecule has 5 aromatic rings. The van der Waals surface area contributed by atoms with Gasteiger partial charge in [-0.2, -0.15) is 13.2 Å². The van der Waals surface area contributed by atoms with Crippen molar-refractivity contribution in [2.45, 2.75) is 64.2 Å². The minimum Gasteiger partial charge on any atom is -0.475 e. The molecule has 62 heavy (non-hydrogen) atoms. The summed E-state index contributed by atoms with van der Waals surface area (Å²) < 4.78 is 35.7. The van der Waals surface area contributed by atoms with E-state index in [-0.39, 0.29) is 24.3 Å². The lowest BCUT2D eigenvalue weighted by molar-refractivity contribution is -0.192. The van der Waals surface area contributed by atoms with E-state index in [0.717, 1.165) is 65.4 Å². The summed E-state index contributed by atoms with van der Waals surface area (Å²) in [7, 11) is 0. The molecule has 0 saturated carbocycles. The molecule has 11 nitrogen and oxygen atoms in total. The van der Waals surface area contributed by atoms with E-state index in [1.165, 1.54) is 56.7 Å². The number of halogens is 3. The molecular weight excluding hydrogens is 818 g/mol. The lowest BCUT2D eigenvalue weighted by Crippen LogP contribution is -2.39. The maximum absolute atomic E-state index is 13.8. The standard InChI is InChI=1S/C45H50N6O3S.C2HF3O2/c52-43(29-47-44(53)37-12-2-1-3-13-37)51(31-36-11-6-16-40(27-36)42-32-55-49-48-42)30-35-10-5-14-38(26-35)39-15-7-17-41(28-39)45(54)50-24-20-34(21-25-50)9-4-8-33-18-22-46-23-19-33;3-2(4,5)1(6)7/h1-3,5-7,10-17,26-28,32-34,46H,4,8-9,18-25,29-31H2,(H,47,53);(H,6,7). The van der Waals surface area contributed by atoms with Crippen molar-refractivity contribution in [1.82, 2.24) is 30.0 Å². The number of hydrogen-bond acceptors (Lipinski definition) is 8. The van der Waals surface area contributed by atoms with Crippen LogP contribution in [-0.4, -0.2) is 87.1 Å². The van der Waals surface area contributed by atoms with Crippen LogP contribution in [0.15, 0.2) is 109 Å². The lowest BCUT2D eigenvalue weighted by atomic mass is 9.87. The van der Waals surface area contributed by atoms with Crippen molar-refractivity contribution in [2.24, 2.45) is 11.8 Å². The number of carboxylic acid groups (broad SMARTS) is 1. The van der Waals surface area contributed by atoms with Crippen LogP contribution in [0, 0.1) is 11.8 Å². The van der Waals surface area contributed by atoms with Crippen LogP contribution in [0.1, 0.15) is 76.8 Å². The van der Waals surface area contributed by atoms with E-state index in [0.29, 0.717) is 30.1 Å². The van der Waals surface area contributed by atoms with E-state index in [2.05, 4.69) is 26.3 Å². The highest BCUT2D eigenvalue weighted by Crippen LogP contribution is 2.29. The Labute approximate surface area is 363 Å². The van der Waals surface area contributed by atoms with E-state index < -0.39 is 12.1 Å². The molecule has 3 amide bonds. The average molecular weight is 869 g/mol. The Kier molecular flexibility index (Phi) is 16.4.